The minimum Gasteiger partial charge on any atom is -0.387 e. The van der Waals surface area contributed by atoms with Crippen molar-refractivity contribution in [2.45, 2.75) is 64.9 Å². The lowest BCUT2D eigenvalue weighted by Crippen LogP contribution is -2.34. The zero-order valence-corrected chi connectivity index (χ0v) is 11.8. The minimum absolute atomic E-state index is 0.433. The summed E-state index contributed by atoms with van der Waals surface area (Å²) in [4.78, 5) is 0. The van der Waals surface area contributed by atoms with E-state index in [1.165, 1.54) is 19.3 Å². The Morgan fingerprint density at radius 1 is 0.941 bits per heavy atom. The van der Waals surface area contributed by atoms with Gasteiger partial charge in [-0.3, -0.25) is 0 Å². The molecule has 0 amide bonds. The molecule has 0 rings (SSSR count). The smallest absolute Gasteiger partial charge is 0.0877 e. The van der Waals surface area contributed by atoms with Gasteiger partial charge in [0.25, 0.3) is 0 Å². The van der Waals surface area contributed by atoms with Crippen molar-refractivity contribution in [2.75, 3.05) is 26.4 Å². The van der Waals surface area contributed by atoms with Crippen LogP contribution in [0.5, 0.6) is 0 Å². The summed E-state index contributed by atoms with van der Waals surface area (Å²) in [6, 6.07) is 0. The van der Waals surface area contributed by atoms with E-state index in [4.69, 9.17) is 9.47 Å². The van der Waals surface area contributed by atoms with E-state index in [1.807, 2.05) is 13.8 Å². The van der Waals surface area contributed by atoms with Gasteiger partial charge in [0.2, 0.25) is 0 Å². The molecule has 1 atom stereocenters. The fraction of sp³-hybridized carbons (Fsp3) is 1.00. The highest BCUT2D eigenvalue weighted by Crippen LogP contribution is 2.19. The summed E-state index contributed by atoms with van der Waals surface area (Å²) in [5, 5.41) is 10.3. The van der Waals surface area contributed by atoms with Gasteiger partial charge in [-0.15, -0.1) is 0 Å². The largest absolute Gasteiger partial charge is 0.387 e. The van der Waals surface area contributed by atoms with Crippen LogP contribution in [0.1, 0.15) is 59.3 Å². The van der Waals surface area contributed by atoms with Crippen molar-refractivity contribution >= 4 is 0 Å². The number of hydrogen-bond acceptors (Lipinski definition) is 3. The minimum atomic E-state index is -0.639. The molecule has 3 heteroatoms. The molecule has 104 valence electrons. The molecule has 0 heterocycles. The van der Waals surface area contributed by atoms with E-state index >= 15 is 0 Å². The highest BCUT2D eigenvalue weighted by atomic mass is 16.5. The molecule has 0 aromatic heterocycles. The van der Waals surface area contributed by atoms with Crippen LogP contribution >= 0.6 is 0 Å². The van der Waals surface area contributed by atoms with E-state index in [0.717, 1.165) is 25.9 Å². The maximum atomic E-state index is 10.3. The summed E-state index contributed by atoms with van der Waals surface area (Å²) in [5.41, 5.74) is -0.639. The average Bonchev–Trinajstić information content (AvgIpc) is 2.34. The molecule has 0 spiro atoms. The zero-order valence-electron chi connectivity index (χ0n) is 11.8. The maximum absolute atomic E-state index is 10.3. The van der Waals surface area contributed by atoms with Crippen LogP contribution in [-0.2, 0) is 9.47 Å². The van der Waals surface area contributed by atoms with E-state index in [1.54, 1.807) is 0 Å². The van der Waals surface area contributed by atoms with Crippen LogP contribution in [0.15, 0.2) is 0 Å². The van der Waals surface area contributed by atoms with Crippen molar-refractivity contribution in [2.24, 2.45) is 0 Å². The van der Waals surface area contributed by atoms with Gasteiger partial charge in [0.1, 0.15) is 0 Å². The summed E-state index contributed by atoms with van der Waals surface area (Å²) >= 11 is 0. The van der Waals surface area contributed by atoms with Gasteiger partial charge in [-0.1, -0.05) is 39.5 Å². The Hall–Kier alpha value is -0.120. The van der Waals surface area contributed by atoms with Gasteiger partial charge in [0, 0.05) is 6.61 Å². The maximum Gasteiger partial charge on any atom is 0.0877 e. The third-order valence-electron chi connectivity index (χ3n) is 3.10. The molecule has 0 saturated heterocycles. The van der Waals surface area contributed by atoms with Crippen LogP contribution in [0.25, 0.3) is 0 Å². The Morgan fingerprint density at radius 3 is 2.24 bits per heavy atom. The fourth-order valence-corrected chi connectivity index (χ4v) is 1.76. The first kappa shape index (κ1) is 16.9. The first-order valence-electron chi connectivity index (χ1n) is 7.06. The van der Waals surface area contributed by atoms with E-state index in [9.17, 15) is 5.11 Å². The summed E-state index contributed by atoms with van der Waals surface area (Å²) in [7, 11) is 0. The average molecular weight is 246 g/mol. The lowest BCUT2D eigenvalue weighted by atomic mass is 9.94. The second kappa shape index (κ2) is 11.0. The predicted octanol–water partition coefficient (Wildman–Crippen LogP) is 3.15. The normalized spacial score (nSPS) is 14.8. The third kappa shape index (κ3) is 9.57. The molecule has 0 saturated carbocycles. The molecule has 0 fully saturated rings. The Kier molecular flexibility index (Phi) is 10.9. The van der Waals surface area contributed by atoms with Crippen molar-refractivity contribution in [3.63, 3.8) is 0 Å². The monoisotopic (exact) mass is 246 g/mol. The number of ether oxygens (including phenoxy) is 2. The Morgan fingerprint density at radius 2 is 1.65 bits per heavy atom. The van der Waals surface area contributed by atoms with Crippen LogP contribution in [0.4, 0.5) is 0 Å². The van der Waals surface area contributed by atoms with Gasteiger partial charge in [-0.05, 0) is 19.8 Å². The van der Waals surface area contributed by atoms with Crippen LogP contribution in [0.2, 0.25) is 0 Å². The third-order valence-corrected chi connectivity index (χ3v) is 3.10. The lowest BCUT2D eigenvalue weighted by molar-refractivity contribution is -0.0653. The molecule has 0 aliphatic heterocycles. The number of unbranched alkanes of at least 4 members (excludes halogenated alkanes) is 3. The Bertz CT molecular complexity index is 162. The summed E-state index contributed by atoms with van der Waals surface area (Å²) in [5.74, 6) is 0. The topological polar surface area (TPSA) is 38.7 Å². The Balaban J connectivity index is 3.61. The Labute approximate surface area is 107 Å². The van der Waals surface area contributed by atoms with Crippen molar-refractivity contribution in [1.29, 1.82) is 0 Å². The van der Waals surface area contributed by atoms with Crippen molar-refractivity contribution < 1.29 is 14.6 Å². The van der Waals surface area contributed by atoms with E-state index in [-0.39, 0.29) is 0 Å². The first-order valence-corrected chi connectivity index (χ1v) is 7.06. The molecule has 0 aromatic carbocycles. The van der Waals surface area contributed by atoms with Gasteiger partial charge < -0.3 is 14.6 Å². The zero-order chi connectivity index (χ0) is 13.0. The number of hydrogen-bond donors (Lipinski definition) is 1. The van der Waals surface area contributed by atoms with Gasteiger partial charge in [0.05, 0.1) is 25.4 Å². The molecule has 3 nitrogen and oxygen atoms in total. The molecule has 0 aliphatic carbocycles. The number of aliphatic hydroxyl groups is 1. The molecular weight excluding hydrogens is 216 g/mol. The lowest BCUT2D eigenvalue weighted by Gasteiger charge is -2.26. The second-order valence-electron chi connectivity index (χ2n) is 4.64. The molecule has 0 bridgehead atoms. The van der Waals surface area contributed by atoms with Crippen LogP contribution < -0.4 is 0 Å². The van der Waals surface area contributed by atoms with E-state index < -0.39 is 5.60 Å². The van der Waals surface area contributed by atoms with Crippen LogP contribution in [0.3, 0.4) is 0 Å². The second-order valence-corrected chi connectivity index (χ2v) is 4.64. The van der Waals surface area contributed by atoms with Crippen molar-refractivity contribution in [1.82, 2.24) is 0 Å². The molecule has 1 unspecified atom stereocenters. The molecular formula is C14H30O3. The van der Waals surface area contributed by atoms with E-state index in [2.05, 4.69) is 6.92 Å². The molecule has 0 aliphatic rings. The molecule has 0 aromatic rings. The summed E-state index contributed by atoms with van der Waals surface area (Å²) < 4.78 is 10.7. The fourth-order valence-electron chi connectivity index (χ4n) is 1.76. The van der Waals surface area contributed by atoms with Crippen LogP contribution in [0, 0.1) is 0 Å². The highest BCUT2D eigenvalue weighted by molar-refractivity contribution is 4.76. The molecule has 1 N–H and O–H groups in total. The van der Waals surface area contributed by atoms with E-state index in [0.29, 0.717) is 19.8 Å². The first-order chi connectivity index (χ1) is 8.18. The van der Waals surface area contributed by atoms with Crippen molar-refractivity contribution in [3.8, 4) is 0 Å². The summed E-state index contributed by atoms with van der Waals surface area (Å²) in [6.07, 6.45) is 6.39. The quantitative estimate of drug-likeness (QED) is 0.538. The van der Waals surface area contributed by atoms with Gasteiger partial charge in [-0.25, -0.2) is 0 Å². The molecule has 17 heavy (non-hydrogen) atoms. The highest BCUT2D eigenvalue weighted by Gasteiger charge is 2.24. The standard InChI is InChI=1S/C14H30O3/c1-4-7-8-9-10-14(15,5-2)13-17-12-11-16-6-3/h15H,4-13H2,1-3H3. The summed E-state index contributed by atoms with van der Waals surface area (Å²) in [6.45, 7) is 8.53. The van der Waals surface area contributed by atoms with Gasteiger partial charge >= 0.3 is 0 Å². The van der Waals surface area contributed by atoms with Crippen molar-refractivity contribution in [3.05, 3.63) is 0 Å². The van der Waals surface area contributed by atoms with Crippen LogP contribution in [-0.4, -0.2) is 37.1 Å². The predicted molar refractivity (Wildman–Crippen MR) is 71.3 cm³/mol. The van der Waals surface area contributed by atoms with Gasteiger partial charge in [0.15, 0.2) is 0 Å². The SMILES string of the molecule is CCCCCCC(O)(CC)COCCOCC. The number of rotatable bonds is 12. The van der Waals surface area contributed by atoms with Gasteiger partial charge in [-0.2, -0.15) is 0 Å². The molecule has 0 radical (unpaired) electrons.